The Morgan fingerprint density at radius 1 is 1.15 bits per heavy atom. The van der Waals surface area contributed by atoms with Gasteiger partial charge in [-0.15, -0.1) is 0 Å². The van der Waals surface area contributed by atoms with Crippen molar-refractivity contribution in [2.75, 3.05) is 11.1 Å². The van der Waals surface area contributed by atoms with E-state index in [9.17, 15) is 0 Å². The summed E-state index contributed by atoms with van der Waals surface area (Å²) in [6.45, 7) is 0. The predicted octanol–water partition coefficient (Wildman–Crippen LogP) is 3.43. The van der Waals surface area contributed by atoms with E-state index in [1.165, 1.54) is 0 Å². The maximum Gasteiger partial charge on any atom is 0.0992 e. The zero-order valence-electron chi connectivity index (χ0n) is 10.7. The minimum atomic E-state index is 0.610. The molecule has 0 amide bonds. The molecule has 2 aromatic carbocycles. The molecule has 0 saturated heterocycles. The molecule has 96 valence electrons. The van der Waals surface area contributed by atoms with Gasteiger partial charge in [-0.3, -0.25) is 4.98 Å². The Morgan fingerprint density at radius 3 is 2.90 bits per heavy atom. The zero-order valence-corrected chi connectivity index (χ0v) is 10.7. The first-order valence-corrected chi connectivity index (χ1v) is 6.17. The molecule has 3 aromatic rings. The van der Waals surface area contributed by atoms with Crippen molar-refractivity contribution in [2.45, 2.75) is 0 Å². The first kappa shape index (κ1) is 12.0. The molecule has 0 aliphatic rings. The van der Waals surface area contributed by atoms with Crippen LogP contribution in [0.1, 0.15) is 5.56 Å². The van der Waals surface area contributed by atoms with Crippen molar-refractivity contribution in [3.05, 3.63) is 60.4 Å². The van der Waals surface area contributed by atoms with Crippen LogP contribution in [0.3, 0.4) is 0 Å². The maximum atomic E-state index is 8.91. The molecule has 3 N–H and O–H groups in total. The Hall–Kier alpha value is -3.06. The normalized spacial score (nSPS) is 10.2. The number of anilines is 3. The van der Waals surface area contributed by atoms with E-state index in [2.05, 4.69) is 16.4 Å². The van der Waals surface area contributed by atoms with Gasteiger partial charge in [-0.1, -0.05) is 12.1 Å². The highest BCUT2D eigenvalue weighted by Crippen LogP contribution is 2.30. The number of aromatic nitrogens is 1. The van der Waals surface area contributed by atoms with Crippen molar-refractivity contribution in [1.29, 1.82) is 5.26 Å². The standard InChI is InChI=1S/C16H12N4/c17-9-11-2-1-3-13(8-11)20-15-5-4-12-10-19-7-6-14(12)16(15)18/h1-8,10,20H,18H2. The van der Waals surface area contributed by atoms with E-state index in [0.29, 0.717) is 11.3 Å². The number of nitrogen functional groups attached to an aromatic ring is 1. The van der Waals surface area contributed by atoms with Gasteiger partial charge in [0.15, 0.2) is 0 Å². The smallest absolute Gasteiger partial charge is 0.0992 e. The topological polar surface area (TPSA) is 74.7 Å². The van der Waals surface area contributed by atoms with Gasteiger partial charge < -0.3 is 11.1 Å². The van der Waals surface area contributed by atoms with Gasteiger partial charge in [0.05, 0.1) is 23.0 Å². The molecule has 4 heteroatoms. The van der Waals surface area contributed by atoms with Crippen LogP contribution >= 0.6 is 0 Å². The Bertz CT molecular complexity index is 818. The number of nitrogens with two attached hydrogens (primary N) is 1. The van der Waals surface area contributed by atoms with Crippen molar-refractivity contribution in [1.82, 2.24) is 4.98 Å². The fourth-order valence-corrected chi connectivity index (χ4v) is 2.12. The minimum Gasteiger partial charge on any atom is -0.397 e. The highest BCUT2D eigenvalue weighted by Gasteiger charge is 2.05. The van der Waals surface area contributed by atoms with E-state index in [4.69, 9.17) is 11.0 Å². The van der Waals surface area contributed by atoms with Gasteiger partial charge in [0, 0.05) is 28.9 Å². The Balaban J connectivity index is 2.02. The summed E-state index contributed by atoms with van der Waals surface area (Å²) in [5.74, 6) is 0. The Morgan fingerprint density at radius 2 is 2.05 bits per heavy atom. The second-order valence-electron chi connectivity index (χ2n) is 4.44. The highest BCUT2D eigenvalue weighted by atomic mass is 14.9. The van der Waals surface area contributed by atoms with Crippen molar-refractivity contribution >= 4 is 27.8 Å². The summed E-state index contributed by atoms with van der Waals surface area (Å²) in [6.07, 6.45) is 3.50. The van der Waals surface area contributed by atoms with Crippen LogP contribution in [0.15, 0.2) is 54.9 Å². The van der Waals surface area contributed by atoms with E-state index in [1.807, 2.05) is 30.3 Å². The summed E-state index contributed by atoms with van der Waals surface area (Å²) in [5, 5.41) is 14.1. The predicted molar refractivity (Wildman–Crippen MR) is 80.6 cm³/mol. The number of nitrogens with zero attached hydrogens (tertiary/aromatic N) is 2. The van der Waals surface area contributed by atoms with Gasteiger partial charge >= 0.3 is 0 Å². The molecular weight excluding hydrogens is 248 g/mol. The number of fused-ring (bicyclic) bond motifs is 1. The van der Waals surface area contributed by atoms with Crippen LogP contribution in [0.4, 0.5) is 17.1 Å². The molecule has 3 rings (SSSR count). The van der Waals surface area contributed by atoms with Gasteiger partial charge in [-0.05, 0) is 30.3 Å². The molecule has 0 aliphatic carbocycles. The zero-order chi connectivity index (χ0) is 13.9. The van der Waals surface area contributed by atoms with E-state index >= 15 is 0 Å². The van der Waals surface area contributed by atoms with Crippen LogP contribution in [-0.2, 0) is 0 Å². The molecule has 0 unspecified atom stereocenters. The van der Waals surface area contributed by atoms with Crippen LogP contribution in [0.25, 0.3) is 10.8 Å². The average Bonchev–Trinajstić information content (AvgIpc) is 2.50. The lowest BCUT2D eigenvalue weighted by molar-refractivity contribution is 1.36. The molecule has 1 aromatic heterocycles. The molecule has 20 heavy (non-hydrogen) atoms. The largest absolute Gasteiger partial charge is 0.397 e. The van der Waals surface area contributed by atoms with E-state index in [1.54, 1.807) is 24.5 Å². The van der Waals surface area contributed by atoms with Gasteiger partial charge in [0.2, 0.25) is 0 Å². The molecule has 0 fully saturated rings. The van der Waals surface area contributed by atoms with Crippen LogP contribution in [0.5, 0.6) is 0 Å². The third-order valence-corrected chi connectivity index (χ3v) is 3.13. The molecule has 1 heterocycles. The van der Waals surface area contributed by atoms with Gasteiger partial charge in [-0.25, -0.2) is 0 Å². The summed E-state index contributed by atoms with van der Waals surface area (Å²) in [6, 6.07) is 15.2. The van der Waals surface area contributed by atoms with Crippen molar-refractivity contribution < 1.29 is 0 Å². The van der Waals surface area contributed by atoms with Gasteiger partial charge in [0.1, 0.15) is 0 Å². The molecule has 0 spiro atoms. The fraction of sp³-hybridized carbons (Fsp3) is 0. The van der Waals surface area contributed by atoms with Gasteiger partial charge in [0.25, 0.3) is 0 Å². The van der Waals surface area contributed by atoms with Crippen LogP contribution in [0, 0.1) is 11.3 Å². The Kier molecular flexibility index (Phi) is 2.94. The number of rotatable bonds is 2. The minimum absolute atomic E-state index is 0.610. The molecule has 0 radical (unpaired) electrons. The monoisotopic (exact) mass is 260 g/mol. The third-order valence-electron chi connectivity index (χ3n) is 3.13. The lowest BCUT2D eigenvalue weighted by Gasteiger charge is -2.11. The number of nitriles is 1. The number of hydrogen-bond acceptors (Lipinski definition) is 4. The van der Waals surface area contributed by atoms with Crippen LogP contribution in [0.2, 0.25) is 0 Å². The maximum absolute atomic E-state index is 8.91. The first-order chi connectivity index (χ1) is 9.78. The molecule has 0 bridgehead atoms. The fourth-order valence-electron chi connectivity index (χ4n) is 2.12. The second-order valence-corrected chi connectivity index (χ2v) is 4.44. The molecule has 0 saturated carbocycles. The van der Waals surface area contributed by atoms with E-state index in [-0.39, 0.29) is 0 Å². The van der Waals surface area contributed by atoms with Crippen LogP contribution < -0.4 is 11.1 Å². The number of hydrogen-bond donors (Lipinski definition) is 2. The summed E-state index contributed by atoms with van der Waals surface area (Å²) >= 11 is 0. The first-order valence-electron chi connectivity index (χ1n) is 6.17. The molecular formula is C16H12N4. The van der Waals surface area contributed by atoms with Crippen molar-refractivity contribution in [3.63, 3.8) is 0 Å². The van der Waals surface area contributed by atoms with E-state index < -0.39 is 0 Å². The summed E-state index contributed by atoms with van der Waals surface area (Å²) in [5.41, 5.74) is 9.12. The van der Waals surface area contributed by atoms with Crippen molar-refractivity contribution in [2.24, 2.45) is 0 Å². The lowest BCUT2D eigenvalue weighted by Crippen LogP contribution is -1.97. The van der Waals surface area contributed by atoms with Crippen LogP contribution in [-0.4, -0.2) is 4.98 Å². The second kappa shape index (κ2) is 4.90. The Labute approximate surface area is 116 Å². The highest BCUT2D eigenvalue weighted by molar-refractivity contribution is 5.99. The third kappa shape index (κ3) is 2.13. The van der Waals surface area contributed by atoms with Gasteiger partial charge in [-0.2, -0.15) is 5.26 Å². The summed E-state index contributed by atoms with van der Waals surface area (Å²) in [4.78, 5) is 4.08. The number of nitrogens with one attached hydrogen (secondary N) is 1. The molecule has 0 atom stereocenters. The van der Waals surface area contributed by atoms with Crippen molar-refractivity contribution in [3.8, 4) is 6.07 Å². The van der Waals surface area contributed by atoms with E-state index in [0.717, 1.165) is 22.1 Å². The average molecular weight is 260 g/mol. The summed E-state index contributed by atoms with van der Waals surface area (Å²) in [7, 11) is 0. The SMILES string of the molecule is N#Cc1cccc(Nc2ccc3cnccc3c2N)c1. The lowest BCUT2D eigenvalue weighted by atomic mass is 10.1. The molecule has 0 aliphatic heterocycles. The number of benzene rings is 2. The number of pyridine rings is 1. The quantitative estimate of drug-likeness (QED) is 0.692. The summed E-state index contributed by atoms with van der Waals surface area (Å²) < 4.78 is 0. The molecule has 4 nitrogen and oxygen atoms in total.